The smallest absolute Gasteiger partial charge is 0.265 e. The summed E-state index contributed by atoms with van der Waals surface area (Å²) in [7, 11) is -2.49. The van der Waals surface area contributed by atoms with Crippen molar-refractivity contribution in [3.05, 3.63) is 53.1 Å². The summed E-state index contributed by atoms with van der Waals surface area (Å²) in [4.78, 5) is 12.8. The molecule has 31 heavy (non-hydrogen) atoms. The van der Waals surface area contributed by atoms with Gasteiger partial charge in [0, 0.05) is 13.2 Å². The number of aryl methyl sites for hydroxylation is 2. The Morgan fingerprint density at radius 2 is 1.87 bits per heavy atom. The molecule has 0 radical (unpaired) electrons. The molecule has 2 aromatic carbocycles. The summed E-state index contributed by atoms with van der Waals surface area (Å²) >= 11 is 0. The van der Waals surface area contributed by atoms with Gasteiger partial charge in [0.15, 0.2) is 0 Å². The number of sulfonamides is 1. The van der Waals surface area contributed by atoms with Crippen molar-refractivity contribution in [3.8, 4) is 5.75 Å². The van der Waals surface area contributed by atoms with E-state index >= 15 is 0 Å². The highest BCUT2D eigenvalue weighted by Crippen LogP contribution is 2.33. The van der Waals surface area contributed by atoms with Crippen molar-refractivity contribution in [1.82, 2.24) is 5.32 Å². The summed E-state index contributed by atoms with van der Waals surface area (Å²) in [6.07, 6.45) is 5.81. The standard InChI is InChI=1S/C23H28N2O5S/c1-29-21-13-16-7-2-3-8-17(16)14-22(21)31(27,28)25-20-11-5-4-10-19(20)23(26)24-15-18-9-6-12-30-18/h4-5,10-11,13-14,18,25H,2-3,6-9,12,15H2,1H3,(H,24,26). The Kier molecular flexibility index (Phi) is 6.48. The van der Waals surface area contributed by atoms with Crippen LogP contribution in [0.3, 0.4) is 0 Å². The van der Waals surface area contributed by atoms with Gasteiger partial charge in [0.1, 0.15) is 10.6 Å². The topological polar surface area (TPSA) is 93.7 Å². The van der Waals surface area contributed by atoms with Crippen LogP contribution in [0.2, 0.25) is 0 Å². The van der Waals surface area contributed by atoms with E-state index in [2.05, 4.69) is 10.0 Å². The van der Waals surface area contributed by atoms with Crippen molar-refractivity contribution in [3.63, 3.8) is 0 Å². The highest BCUT2D eigenvalue weighted by Gasteiger charge is 2.25. The normalized spacial score (nSPS) is 18.3. The number of anilines is 1. The number of para-hydroxylation sites is 1. The van der Waals surface area contributed by atoms with Crippen LogP contribution in [0, 0.1) is 0 Å². The maximum atomic E-state index is 13.3. The first-order valence-electron chi connectivity index (χ1n) is 10.7. The zero-order chi connectivity index (χ0) is 21.8. The van der Waals surface area contributed by atoms with Gasteiger partial charge in [-0.25, -0.2) is 8.42 Å². The number of methoxy groups -OCH3 is 1. The summed E-state index contributed by atoms with van der Waals surface area (Å²) < 4.78 is 40.1. The highest BCUT2D eigenvalue weighted by molar-refractivity contribution is 7.92. The Morgan fingerprint density at radius 1 is 1.13 bits per heavy atom. The third kappa shape index (κ3) is 4.85. The second kappa shape index (κ2) is 9.28. The Hall–Kier alpha value is -2.58. The van der Waals surface area contributed by atoms with Crippen molar-refractivity contribution in [2.75, 3.05) is 25.0 Å². The summed E-state index contributed by atoms with van der Waals surface area (Å²) in [5, 5.41) is 2.85. The van der Waals surface area contributed by atoms with Crippen LogP contribution in [0.5, 0.6) is 5.75 Å². The van der Waals surface area contributed by atoms with E-state index in [1.807, 2.05) is 6.07 Å². The maximum Gasteiger partial charge on any atom is 0.265 e. The predicted octanol–water partition coefficient (Wildman–Crippen LogP) is 3.28. The third-order valence-corrected chi connectivity index (χ3v) is 7.23. The van der Waals surface area contributed by atoms with E-state index in [1.54, 1.807) is 30.3 Å². The van der Waals surface area contributed by atoms with Gasteiger partial charge in [-0.2, -0.15) is 0 Å². The van der Waals surface area contributed by atoms with Gasteiger partial charge in [-0.1, -0.05) is 12.1 Å². The first-order chi connectivity index (χ1) is 15.0. The molecule has 1 unspecified atom stereocenters. The molecule has 1 fully saturated rings. The molecule has 1 aliphatic carbocycles. The number of rotatable bonds is 7. The van der Waals surface area contributed by atoms with E-state index in [1.165, 1.54) is 7.11 Å². The number of benzene rings is 2. The van der Waals surface area contributed by atoms with E-state index in [0.29, 0.717) is 18.9 Å². The van der Waals surface area contributed by atoms with E-state index in [-0.39, 0.29) is 28.2 Å². The van der Waals surface area contributed by atoms with Crippen molar-refractivity contribution in [1.29, 1.82) is 0 Å². The first-order valence-corrected chi connectivity index (χ1v) is 12.2. The molecule has 8 heteroatoms. The van der Waals surface area contributed by atoms with Crippen LogP contribution in [-0.4, -0.2) is 40.7 Å². The molecule has 2 aliphatic rings. The molecule has 1 heterocycles. The molecule has 166 valence electrons. The second-order valence-corrected chi connectivity index (χ2v) is 9.63. The lowest BCUT2D eigenvalue weighted by Gasteiger charge is -2.20. The van der Waals surface area contributed by atoms with E-state index < -0.39 is 10.0 Å². The summed E-state index contributed by atoms with van der Waals surface area (Å²) in [5.41, 5.74) is 2.67. The number of carbonyl (C=O) groups is 1. The lowest BCUT2D eigenvalue weighted by molar-refractivity contribution is 0.0858. The molecule has 1 amide bonds. The summed E-state index contributed by atoms with van der Waals surface area (Å²) in [5.74, 6) is -0.0281. The molecule has 4 rings (SSSR count). The van der Waals surface area contributed by atoms with Gasteiger partial charge < -0.3 is 14.8 Å². The van der Waals surface area contributed by atoms with Gasteiger partial charge in [-0.3, -0.25) is 9.52 Å². The molecular formula is C23H28N2O5S. The second-order valence-electron chi connectivity index (χ2n) is 7.98. The third-order valence-electron chi connectivity index (χ3n) is 5.85. The molecule has 1 saturated heterocycles. The molecule has 0 spiro atoms. The molecular weight excluding hydrogens is 416 g/mol. The van der Waals surface area contributed by atoms with Crippen LogP contribution in [0.1, 0.15) is 47.2 Å². The predicted molar refractivity (Wildman–Crippen MR) is 118 cm³/mol. The maximum absolute atomic E-state index is 13.3. The van der Waals surface area contributed by atoms with Gasteiger partial charge in [0.25, 0.3) is 15.9 Å². The Bertz CT molecular complexity index is 1060. The number of carbonyl (C=O) groups excluding carboxylic acids is 1. The number of amides is 1. The Labute approximate surface area is 183 Å². The Morgan fingerprint density at radius 3 is 2.58 bits per heavy atom. The van der Waals surface area contributed by atoms with Crippen LogP contribution in [0.4, 0.5) is 5.69 Å². The fraction of sp³-hybridized carbons (Fsp3) is 0.435. The lowest BCUT2D eigenvalue weighted by atomic mass is 9.92. The minimum atomic E-state index is -3.96. The number of hydrogen-bond acceptors (Lipinski definition) is 5. The van der Waals surface area contributed by atoms with Crippen molar-refractivity contribution < 1.29 is 22.7 Å². The number of fused-ring (bicyclic) bond motifs is 1. The number of ether oxygens (including phenoxy) is 2. The van der Waals surface area contributed by atoms with Gasteiger partial charge >= 0.3 is 0 Å². The van der Waals surface area contributed by atoms with E-state index in [4.69, 9.17) is 9.47 Å². The SMILES string of the molecule is COc1cc2c(cc1S(=O)(=O)Nc1ccccc1C(=O)NCC1CCCO1)CCCC2. The van der Waals surface area contributed by atoms with Crippen molar-refractivity contribution >= 4 is 21.6 Å². The molecule has 0 bridgehead atoms. The van der Waals surface area contributed by atoms with Gasteiger partial charge in [-0.05, 0) is 73.9 Å². The minimum Gasteiger partial charge on any atom is -0.495 e. The quantitative estimate of drug-likeness (QED) is 0.684. The molecule has 2 aromatic rings. The number of nitrogens with one attached hydrogen (secondary N) is 2. The van der Waals surface area contributed by atoms with Gasteiger partial charge in [-0.15, -0.1) is 0 Å². The summed E-state index contributed by atoms with van der Waals surface area (Å²) in [6, 6.07) is 10.1. The molecule has 7 nitrogen and oxygen atoms in total. The van der Waals surface area contributed by atoms with Crippen LogP contribution in [0.15, 0.2) is 41.3 Å². The molecule has 2 N–H and O–H groups in total. The van der Waals surface area contributed by atoms with Crippen LogP contribution in [0.25, 0.3) is 0 Å². The van der Waals surface area contributed by atoms with Crippen molar-refractivity contribution in [2.45, 2.75) is 49.5 Å². The fourth-order valence-corrected chi connectivity index (χ4v) is 5.47. The fourth-order valence-electron chi connectivity index (χ4n) is 4.19. The minimum absolute atomic E-state index is 0.00700. The Balaban J connectivity index is 1.58. The van der Waals surface area contributed by atoms with Crippen molar-refractivity contribution in [2.24, 2.45) is 0 Å². The first kappa shape index (κ1) is 21.6. The van der Waals surface area contributed by atoms with Crippen LogP contribution < -0.4 is 14.8 Å². The van der Waals surface area contributed by atoms with Gasteiger partial charge in [0.05, 0.1) is 24.5 Å². The van der Waals surface area contributed by atoms with Crippen LogP contribution >= 0.6 is 0 Å². The zero-order valence-electron chi connectivity index (χ0n) is 17.6. The molecule has 1 atom stereocenters. The largest absolute Gasteiger partial charge is 0.495 e. The highest BCUT2D eigenvalue weighted by atomic mass is 32.2. The summed E-state index contributed by atoms with van der Waals surface area (Å²) in [6.45, 7) is 1.11. The number of hydrogen-bond donors (Lipinski definition) is 2. The molecule has 0 saturated carbocycles. The molecule has 1 aliphatic heterocycles. The van der Waals surface area contributed by atoms with E-state index in [0.717, 1.165) is 49.7 Å². The monoisotopic (exact) mass is 444 g/mol. The lowest BCUT2D eigenvalue weighted by Crippen LogP contribution is -2.32. The van der Waals surface area contributed by atoms with E-state index in [9.17, 15) is 13.2 Å². The zero-order valence-corrected chi connectivity index (χ0v) is 18.5. The average Bonchev–Trinajstić information content (AvgIpc) is 3.30. The van der Waals surface area contributed by atoms with Crippen LogP contribution in [-0.2, 0) is 27.6 Å². The molecule has 0 aromatic heterocycles. The van der Waals surface area contributed by atoms with Gasteiger partial charge in [0.2, 0.25) is 0 Å². The average molecular weight is 445 g/mol.